The van der Waals surface area contributed by atoms with Gasteiger partial charge in [0.2, 0.25) is 0 Å². The lowest BCUT2D eigenvalue weighted by atomic mass is 10.2. The highest BCUT2D eigenvalue weighted by Gasteiger charge is 2.26. The van der Waals surface area contributed by atoms with Crippen molar-refractivity contribution in [2.45, 2.75) is 12.5 Å². The molecule has 0 fully saturated rings. The topological polar surface area (TPSA) is 136 Å². The van der Waals surface area contributed by atoms with Crippen molar-refractivity contribution < 1.29 is 33.2 Å². The Kier molecular flexibility index (Phi) is 6.61. The second-order valence-corrected chi connectivity index (χ2v) is 4.79. The van der Waals surface area contributed by atoms with Gasteiger partial charge in [-0.1, -0.05) is 0 Å². The standard InChI is InChI=1S/C6H12NO7PS/c1-16-3-2-4(7)5(8)13-6(9)14-15(10,11)12/h4H,2-3,7H2,1H3,(H2,10,11,12)/t4-/m0/s1. The van der Waals surface area contributed by atoms with E-state index < -0.39 is 26.0 Å². The predicted molar refractivity (Wildman–Crippen MR) is 55.6 cm³/mol. The number of carbonyl (C=O) groups is 2. The summed E-state index contributed by atoms with van der Waals surface area (Å²) in [5.74, 6) is -0.503. The zero-order chi connectivity index (χ0) is 12.8. The van der Waals surface area contributed by atoms with Crippen LogP contribution >= 0.6 is 19.6 Å². The molecule has 10 heteroatoms. The second kappa shape index (κ2) is 6.87. The third-order valence-electron chi connectivity index (χ3n) is 1.31. The Morgan fingerprint density at radius 2 is 2.06 bits per heavy atom. The third kappa shape index (κ3) is 7.66. The normalized spacial score (nSPS) is 13.0. The Morgan fingerprint density at radius 3 is 2.50 bits per heavy atom. The van der Waals surface area contributed by atoms with Gasteiger partial charge in [-0.15, -0.1) is 0 Å². The molecule has 0 aromatic rings. The molecule has 0 heterocycles. The maximum absolute atomic E-state index is 11.0. The highest BCUT2D eigenvalue weighted by molar-refractivity contribution is 7.98. The third-order valence-corrected chi connectivity index (χ3v) is 2.34. The summed E-state index contributed by atoms with van der Waals surface area (Å²) in [4.78, 5) is 38.1. The average molecular weight is 273 g/mol. The molecule has 0 unspecified atom stereocenters. The minimum absolute atomic E-state index is 0.281. The second-order valence-electron chi connectivity index (χ2n) is 2.64. The number of carbonyl (C=O) groups excluding carboxylic acids is 2. The fourth-order valence-electron chi connectivity index (χ4n) is 0.636. The van der Waals surface area contributed by atoms with E-state index in [1.807, 2.05) is 0 Å². The molecular formula is C6H12NO7PS. The van der Waals surface area contributed by atoms with Gasteiger partial charge < -0.3 is 15.0 Å². The first-order valence-corrected chi connectivity index (χ1v) is 6.94. The molecule has 0 rings (SSSR count). The summed E-state index contributed by atoms with van der Waals surface area (Å²) in [5.41, 5.74) is 5.33. The molecule has 4 N–H and O–H groups in total. The van der Waals surface area contributed by atoms with Gasteiger partial charge in [0.25, 0.3) is 0 Å². The Balaban J connectivity index is 4.04. The van der Waals surface area contributed by atoms with Crippen molar-refractivity contribution in [3.63, 3.8) is 0 Å². The fraction of sp³-hybridized carbons (Fsp3) is 0.667. The van der Waals surface area contributed by atoms with Crippen molar-refractivity contribution in [2.75, 3.05) is 12.0 Å². The molecule has 0 amide bonds. The molecule has 8 nitrogen and oxygen atoms in total. The number of rotatable bonds is 5. The molecule has 0 aromatic carbocycles. The van der Waals surface area contributed by atoms with E-state index in [0.29, 0.717) is 5.75 Å². The summed E-state index contributed by atoms with van der Waals surface area (Å²) in [6, 6.07) is -1.03. The molecule has 0 aliphatic heterocycles. The molecule has 0 radical (unpaired) electrons. The summed E-state index contributed by atoms with van der Waals surface area (Å²) >= 11 is 1.45. The van der Waals surface area contributed by atoms with Crippen LogP contribution in [-0.4, -0.2) is 40.0 Å². The summed E-state index contributed by atoms with van der Waals surface area (Å²) in [7, 11) is -5.00. The van der Waals surface area contributed by atoms with E-state index in [2.05, 4.69) is 9.26 Å². The van der Waals surface area contributed by atoms with Gasteiger partial charge in [0.05, 0.1) is 0 Å². The van der Waals surface area contributed by atoms with Crippen LogP contribution in [0.3, 0.4) is 0 Å². The van der Waals surface area contributed by atoms with Crippen LogP contribution in [0.15, 0.2) is 0 Å². The Bertz CT molecular complexity index is 303. The molecule has 0 aliphatic carbocycles. The molecule has 0 saturated carbocycles. The number of esters is 1. The lowest BCUT2D eigenvalue weighted by molar-refractivity contribution is -0.140. The Morgan fingerprint density at radius 1 is 1.50 bits per heavy atom. The van der Waals surface area contributed by atoms with Crippen LogP contribution in [0.4, 0.5) is 4.79 Å². The maximum Gasteiger partial charge on any atom is 0.529 e. The van der Waals surface area contributed by atoms with Crippen LogP contribution in [0.5, 0.6) is 0 Å². The smallest absolute Gasteiger partial charge is 0.359 e. The van der Waals surface area contributed by atoms with Crippen molar-refractivity contribution in [1.82, 2.24) is 0 Å². The Labute approximate surface area is 95.7 Å². The van der Waals surface area contributed by atoms with E-state index in [9.17, 15) is 14.2 Å². The highest BCUT2D eigenvalue weighted by atomic mass is 32.2. The monoisotopic (exact) mass is 273 g/mol. The van der Waals surface area contributed by atoms with Crippen molar-refractivity contribution in [1.29, 1.82) is 0 Å². The Hall–Kier alpha value is -0.600. The largest absolute Gasteiger partial charge is 0.529 e. The average Bonchev–Trinajstić information content (AvgIpc) is 2.10. The van der Waals surface area contributed by atoms with E-state index in [1.165, 1.54) is 11.8 Å². The fourth-order valence-corrected chi connectivity index (χ4v) is 1.36. The minimum atomic E-state index is -5.00. The molecule has 16 heavy (non-hydrogen) atoms. The maximum atomic E-state index is 11.0. The zero-order valence-electron chi connectivity index (χ0n) is 8.36. The number of thioether (sulfide) groups is 1. The van der Waals surface area contributed by atoms with E-state index in [-0.39, 0.29) is 6.42 Å². The molecule has 0 saturated heterocycles. The number of hydrogen-bond acceptors (Lipinski definition) is 7. The SMILES string of the molecule is CSCC[C@H](N)C(=O)OC(=O)OP(=O)(O)O. The van der Waals surface area contributed by atoms with Crippen LogP contribution < -0.4 is 5.73 Å². The first-order valence-electron chi connectivity index (χ1n) is 4.01. The van der Waals surface area contributed by atoms with E-state index in [0.717, 1.165) is 0 Å². The van der Waals surface area contributed by atoms with Crippen LogP contribution in [-0.2, 0) is 18.6 Å². The van der Waals surface area contributed by atoms with Crippen molar-refractivity contribution in [2.24, 2.45) is 5.73 Å². The molecular weight excluding hydrogens is 261 g/mol. The first-order chi connectivity index (χ1) is 7.26. The number of nitrogens with two attached hydrogens (primary N) is 1. The van der Waals surface area contributed by atoms with Gasteiger partial charge in [0.1, 0.15) is 6.04 Å². The summed E-state index contributed by atoms with van der Waals surface area (Å²) in [5, 5.41) is 0. The summed E-state index contributed by atoms with van der Waals surface area (Å²) < 4.78 is 17.6. The number of phosphoric acid groups is 1. The predicted octanol–water partition coefficient (Wildman–Crippen LogP) is -0.161. The summed E-state index contributed by atoms with van der Waals surface area (Å²) in [6.45, 7) is 0. The lowest BCUT2D eigenvalue weighted by Gasteiger charge is -2.09. The molecule has 0 aliphatic rings. The van der Waals surface area contributed by atoms with Crippen molar-refractivity contribution in [3.8, 4) is 0 Å². The molecule has 0 aromatic heterocycles. The van der Waals surface area contributed by atoms with Crippen LogP contribution in [0.2, 0.25) is 0 Å². The molecule has 0 bridgehead atoms. The summed E-state index contributed by atoms with van der Waals surface area (Å²) in [6.07, 6.45) is 0.321. The van der Waals surface area contributed by atoms with E-state index >= 15 is 0 Å². The van der Waals surface area contributed by atoms with Crippen molar-refractivity contribution in [3.05, 3.63) is 0 Å². The minimum Gasteiger partial charge on any atom is -0.359 e. The van der Waals surface area contributed by atoms with Gasteiger partial charge >= 0.3 is 19.9 Å². The first kappa shape index (κ1) is 15.4. The quantitative estimate of drug-likeness (QED) is 0.354. The number of hydrogen-bond donors (Lipinski definition) is 3. The van der Waals surface area contributed by atoms with Crippen molar-refractivity contribution >= 4 is 31.7 Å². The van der Waals surface area contributed by atoms with Gasteiger partial charge in [-0.25, -0.2) is 14.2 Å². The number of ether oxygens (including phenoxy) is 1. The van der Waals surface area contributed by atoms with Gasteiger partial charge in [0.15, 0.2) is 0 Å². The zero-order valence-corrected chi connectivity index (χ0v) is 10.1. The van der Waals surface area contributed by atoms with Gasteiger partial charge in [-0.3, -0.25) is 9.79 Å². The molecule has 1 atom stereocenters. The highest BCUT2D eigenvalue weighted by Crippen LogP contribution is 2.36. The molecule has 0 spiro atoms. The van der Waals surface area contributed by atoms with Crippen LogP contribution in [0.1, 0.15) is 6.42 Å². The van der Waals surface area contributed by atoms with Gasteiger partial charge in [-0.2, -0.15) is 11.8 Å². The van der Waals surface area contributed by atoms with Crippen LogP contribution in [0.25, 0.3) is 0 Å². The molecule has 94 valence electrons. The van der Waals surface area contributed by atoms with Gasteiger partial charge in [0, 0.05) is 0 Å². The lowest BCUT2D eigenvalue weighted by Crippen LogP contribution is -2.34. The van der Waals surface area contributed by atoms with Crippen LogP contribution in [0, 0.1) is 0 Å². The van der Waals surface area contributed by atoms with E-state index in [4.69, 9.17) is 15.5 Å². The van der Waals surface area contributed by atoms with E-state index in [1.54, 1.807) is 6.26 Å². The number of phosphoric ester groups is 1. The van der Waals surface area contributed by atoms with Gasteiger partial charge in [-0.05, 0) is 18.4 Å².